The predicted molar refractivity (Wildman–Crippen MR) is 102 cm³/mol. The van der Waals surface area contributed by atoms with Crippen molar-refractivity contribution in [2.75, 3.05) is 0 Å². The zero-order valence-corrected chi connectivity index (χ0v) is 14.5. The molecule has 0 saturated heterocycles. The number of rotatable bonds is 2. The molecule has 28 heavy (non-hydrogen) atoms. The molecule has 0 heterocycles. The third-order valence-corrected chi connectivity index (χ3v) is 3.92. The van der Waals surface area contributed by atoms with Crippen LogP contribution in [0.5, 0.6) is 11.5 Å². The predicted octanol–water partition coefficient (Wildman–Crippen LogP) is 6.42. The van der Waals surface area contributed by atoms with Crippen molar-refractivity contribution in [2.45, 2.75) is 6.18 Å². The maximum atomic E-state index is 10.6. The minimum absolute atomic E-state index is 0.865. The van der Waals surface area contributed by atoms with Gasteiger partial charge in [0.05, 0.1) is 0 Å². The molecule has 0 bridgehead atoms. The summed E-state index contributed by atoms with van der Waals surface area (Å²) in [6.45, 7) is 0. The Kier molecular flexibility index (Phi) is 5.49. The Morgan fingerprint density at radius 3 is 1.39 bits per heavy atom. The lowest BCUT2D eigenvalue weighted by Gasteiger charge is -2.08. The van der Waals surface area contributed by atoms with Gasteiger partial charge in [0.2, 0.25) is 0 Å². The zero-order valence-electron chi connectivity index (χ0n) is 14.5. The van der Waals surface area contributed by atoms with Crippen LogP contribution in [0.1, 0.15) is 0 Å². The van der Waals surface area contributed by atoms with Crippen molar-refractivity contribution in [1.82, 2.24) is 0 Å². The molecule has 0 atom stereocenters. The number of fused-ring (bicyclic) bond motifs is 2. The van der Waals surface area contributed by atoms with Crippen LogP contribution in [0.15, 0.2) is 84.9 Å². The average Bonchev–Trinajstić information content (AvgIpc) is 2.67. The Bertz CT molecular complexity index is 1040. The molecule has 3 nitrogen and oxygen atoms in total. The molecule has 0 fully saturated rings. The smallest absolute Gasteiger partial charge is 0.475 e. The largest absolute Gasteiger partial charge is 0.490 e. The fraction of sp³-hybridized carbons (Fsp3) is 0.0455. The van der Waals surface area contributed by atoms with Crippen LogP contribution >= 0.6 is 0 Å². The molecule has 0 aromatic heterocycles. The van der Waals surface area contributed by atoms with E-state index in [1.165, 1.54) is 21.5 Å². The molecule has 0 radical (unpaired) electrons. The highest BCUT2D eigenvalue weighted by Gasteiger charge is 2.38. The molecule has 4 rings (SSSR count). The highest BCUT2D eigenvalue weighted by atomic mass is 19.4. The van der Waals surface area contributed by atoms with Gasteiger partial charge in [-0.2, -0.15) is 13.2 Å². The number of hydrogen-bond acceptors (Lipinski definition) is 2. The molecular weight excluding hydrogens is 369 g/mol. The highest BCUT2D eigenvalue weighted by Crippen LogP contribution is 2.28. The number of carboxylic acid groups (broad SMARTS) is 1. The summed E-state index contributed by atoms with van der Waals surface area (Å²) in [4.78, 5) is 8.90. The van der Waals surface area contributed by atoms with Gasteiger partial charge >= 0.3 is 12.1 Å². The van der Waals surface area contributed by atoms with Gasteiger partial charge in [0.25, 0.3) is 0 Å². The molecule has 6 heteroatoms. The molecule has 0 saturated carbocycles. The second-order valence-electron chi connectivity index (χ2n) is 5.92. The second-order valence-corrected chi connectivity index (χ2v) is 5.92. The molecule has 0 aliphatic carbocycles. The van der Waals surface area contributed by atoms with Crippen LogP contribution in [0.4, 0.5) is 13.2 Å². The van der Waals surface area contributed by atoms with Gasteiger partial charge in [-0.1, -0.05) is 60.7 Å². The Morgan fingerprint density at radius 1 is 0.679 bits per heavy atom. The van der Waals surface area contributed by atoms with E-state index in [9.17, 15) is 13.2 Å². The number of alkyl halides is 3. The van der Waals surface area contributed by atoms with Crippen molar-refractivity contribution >= 4 is 27.5 Å². The molecule has 0 spiro atoms. The number of ether oxygens (including phenoxy) is 1. The Balaban J connectivity index is 0.000000279. The number of benzene rings is 4. The van der Waals surface area contributed by atoms with Crippen molar-refractivity contribution in [1.29, 1.82) is 0 Å². The van der Waals surface area contributed by atoms with E-state index in [0.717, 1.165) is 11.5 Å². The first-order chi connectivity index (χ1) is 13.3. The molecule has 1 N–H and O–H groups in total. The fourth-order valence-corrected chi connectivity index (χ4v) is 2.60. The summed E-state index contributed by atoms with van der Waals surface area (Å²) in [5.41, 5.74) is 0. The minimum atomic E-state index is -5.08. The van der Waals surface area contributed by atoms with Gasteiger partial charge in [-0.15, -0.1) is 0 Å². The lowest BCUT2D eigenvalue weighted by molar-refractivity contribution is -0.192. The summed E-state index contributed by atoms with van der Waals surface area (Å²) in [7, 11) is 0. The highest BCUT2D eigenvalue weighted by molar-refractivity contribution is 5.85. The van der Waals surface area contributed by atoms with E-state index >= 15 is 0 Å². The third-order valence-electron chi connectivity index (χ3n) is 3.92. The molecule has 0 unspecified atom stereocenters. The van der Waals surface area contributed by atoms with E-state index in [1.807, 2.05) is 36.4 Å². The first kappa shape index (κ1) is 19.2. The Hall–Kier alpha value is -3.54. The van der Waals surface area contributed by atoms with Gasteiger partial charge in [0, 0.05) is 0 Å². The molecule has 142 valence electrons. The lowest BCUT2D eigenvalue weighted by atomic mass is 10.1. The number of halogens is 3. The minimum Gasteiger partial charge on any atom is -0.475 e. The van der Waals surface area contributed by atoms with Gasteiger partial charge in [-0.3, -0.25) is 0 Å². The summed E-state index contributed by atoms with van der Waals surface area (Å²) in [5, 5.41) is 12.0. The van der Waals surface area contributed by atoms with Crippen molar-refractivity contribution in [2.24, 2.45) is 0 Å². The van der Waals surface area contributed by atoms with E-state index in [1.54, 1.807) is 0 Å². The van der Waals surface area contributed by atoms with Crippen molar-refractivity contribution < 1.29 is 27.8 Å². The van der Waals surface area contributed by atoms with E-state index in [4.69, 9.17) is 14.6 Å². The monoisotopic (exact) mass is 384 g/mol. The van der Waals surface area contributed by atoms with Gasteiger partial charge in [0.15, 0.2) is 0 Å². The van der Waals surface area contributed by atoms with E-state index in [-0.39, 0.29) is 0 Å². The Labute approximate surface area is 158 Å². The van der Waals surface area contributed by atoms with Crippen LogP contribution < -0.4 is 4.74 Å². The van der Waals surface area contributed by atoms with E-state index in [2.05, 4.69) is 48.5 Å². The van der Waals surface area contributed by atoms with Gasteiger partial charge < -0.3 is 9.84 Å². The number of hydrogen-bond donors (Lipinski definition) is 1. The first-order valence-corrected chi connectivity index (χ1v) is 8.28. The zero-order chi connectivity index (χ0) is 20.1. The molecule has 4 aromatic carbocycles. The van der Waals surface area contributed by atoms with Gasteiger partial charge in [-0.25, -0.2) is 4.79 Å². The number of carboxylic acids is 1. The number of aliphatic carboxylic acids is 1. The topological polar surface area (TPSA) is 46.5 Å². The van der Waals surface area contributed by atoms with Crippen LogP contribution in [0, 0.1) is 0 Å². The fourth-order valence-electron chi connectivity index (χ4n) is 2.60. The van der Waals surface area contributed by atoms with Crippen LogP contribution in [-0.4, -0.2) is 17.3 Å². The quantitative estimate of drug-likeness (QED) is 0.434. The van der Waals surface area contributed by atoms with Crippen LogP contribution in [0.3, 0.4) is 0 Å². The lowest BCUT2D eigenvalue weighted by Crippen LogP contribution is -2.21. The second kappa shape index (κ2) is 8.00. The van der Waals surface area contributed by atoms with Crippen LogP contribution in [-0.2, 0) is 4.79 Å². The SMILES string of the molecule is O=C(O)C(F)(F)F.c1ccc2cc(Oc3ccc4ccccc4c3)ccc2c1. The standard InChI is InChI=1S/C20H14O.C2HF3O2/c1-3-7-17-13-19(11-9-15(17)5-1)21-20-12-10-16-6-2-4-8-18(16)14-20;3-2(4,5)1(6)7/h1-14H;(H,6,7). The maximum absolute atomic E-state index is 10.6. The molecule has 0 aliphatic heterocycles. The normalized spacial score (nSPS) is 11.0. The summed E-state index contributed by atoms with van der Waals surface area (Å²) in [5.74, 6) is -1.03. The molecule has 4 aromatic rings. The maximum Gasteiger partial charge on any atom is 0.490 e. The van der Waals surface area contributed by atoms with Gasteiger partial charge in [-0.05, 0) is 45.8 Å². The molecular formula is C22H15F3O3. The first-order valence-electron chi connectivity index (χ1n) is 8.28. The van der Waals surface area contributed by atoms with Gasteiger partial charge in [0.1, 0.15) is 11.5 Å². The number of carbonyl (C=O) groups is 1. The molecule has 0 aliphatic rings. The van der Waals surface area contributed by atoms with E-state index in [0.29, 0.717) is 0 Å². The summed E-state index contributed by atoms with van der Waals surface area (Å²) >= 11 is 0. The van der Waals surface area contributed by atoms with Crippen molar-refractivity contribution in [3.63, 3.8) is 0 Å². The summed E-state index contributed by atoms with van der Waals surface area (Å²) < 4.78 is 37.7. The van der Waals surface area contributed by atoms with Crippen molar-refractivity contribution in [3.05, 3.63) is 84.9 Å². The third kappa shape index (κ3) is 4.79. The van der Waals surface area contributed by atoms with E-state index < -0.39 is 12.1 Å². The Morgan fingerprint density at radius 2 is 1.04 bits per heavy atom. The average molecular weight is 384 g/mol. The summed E-state index contributed by atoms with van der Waals surface area (Å²) in [6.07, 6.45) is -5.08. The van der Waals surface area contributed by atoms with Crippen LogP contribution in [0.25, 0.3) is 21.5 Å². The molecule has 0 amide bonds. The van der Waals surface area contributed by atoms with Crippen LogP contribution in [0.2, 0.25) is 0 Å². The van der Waals surface area contributed by atoms with Crippen molar-refractivity contribution in [3.8, 4) is 11.5 Å². The summed E-state index contributed by atoms with van der Waals surface area (Å²) in [6, 6.07) is 28.9.